The van der Waals surface area contributed by atoms with Crippen LogP contribution < -0.4 is 16.0 Å². The summed E-state index contributed by atoms with van der Waals surface area (Å²) in [5.41, 5.74) is -2.26. The molecule has 1 rings (SSSR count). The minimum absolute atomic E-state index is 0.0879. The van der Waals surface area contributed by atoms with Crippen LogP contribution in [0.4, 0.5) is 9.18 Å². The molecule has 0 radical (unpaired) electrons. The lowest BCUT2D eigenvalue weighted by Crippen LogP contribution is -2.53. The summed E-state index contributed by atoms with van der Waals surface area (Å²) in [6, 6.07) is -0.691. The molecule has 1 heterocycles. The molecule has 0 saturated carbocycles. The van der Waals surface area contributed by atoms with E-state index >= 15 is 0 Å². The molecule has 1 aromatic heterocycles. The quantitative estimate of drug-likeness (QED) is 0.130. The minimum Gasteiger partial charge on any atom is -0.460 e. The molecule has 0 fully saturated rings. The largest absolute Gasteiger partial charge is 0.460 e. The number of amides is 3. The predicted molar refractivity (Wildman–Crippen MR) is 156 cm³/mol. The summed E-state index contributed by atoms with van der Waals surface area (Å²) in [6.45, 7) is 15.5. The fraction of sp³-hybridized carbons (Fsp3) is 0.667. The molecule has 1 aromatic rings. The number of halogens is 1. The van der Waals surface area contributed by atoms with Crippen LogP contribution in [0.1, 0.15) is 105 Å². The summed E-state index contributed by atoms with van der Waals surface area (Å²) in [5.74, 6) is -3.21. The normalized spacial score (nSPS) is 13.3. The van der Waals surface area contributed by atoms with Crippen LogP contribution in [0, 0.1) is 5.95 Å². The molecule has 0 bridgehead atoms. The highest BCUT2D eigenvalue weighted by molar-refractivity contribution is 5.94. The third-order valence-electron chi connectivity index (χ3n) is 5.24. The van der Waals surface area contributed by atoms with Crippen LogP contribution in [0.2, 0.25) is 0 Å². The lowest BCUT2D eigenvalue weighted by molar-refractivity contribution is -0.159. The number of esters is 3. The van der Waals surface area contributed by atoms with E-state index in [1.165, 1.54) is 12.3 Å². The van der Waals surface area contributed by atoms with Gasteiger partial charge in [0.15, 0.2) is 0 Å². The first-order valence-corrected chi connectivity index (χ1v) is 14.3. The number of pyridine rings is 1. The SMILES string of the molecule is CC(C)(C)OC(=O)CCC(NC(=O)NC(CCCCNC(=O)c1ccnc(F)c1)C(=O)OC(C)(C)C)C(=O)OC(C)(C)C. The Morgan fingerprint density at radius 1 is 0.791 bits per heavy atom. The van der Waals surface area contributed by atoms with Gasteiger partial charge in [-0.15, -0.1) is 0 Å². The first-order valence-electron chi connectivity index (χ1n) is 14.3. The maximum absolute atomic E-state index is 13.3. The molecule has 0 aromatic carbocycles. The van der Waals surface area contributed by atoms with Gasteiger partial charge in [-0.2, -0.15) is 4.39 Å². The average Bonchev–Trinajstić information content (AvgIpc) is 2.82. The van der Waals surface area contributed by atoms with E-state index < -0.39 is 64.7 Å². The summed E-state index contributed by atoms with van der Waals surface area (Å²) in [4.78, 5) is 66.6. The number of unbranched alkanes of at least 4 members (excludes halogenated alkanes) is 1. The molecule has 3 N–H and O–H groups in total. The molecule has 0 aliphatic heterocycles. The molecule has 242 valence electrons. The Morgan fingerprint density at radius 2 is 1.30 bits per heavy atom. The number of carbonyl (C=O) groups is 5. The smallest absolute Gasteiger partial charge is 0.329 e. The second-order valence-electron chi connectivity index (χ2n) is 13.0. The van der Waals surface area contributed by atoms with E-state index in [1.807, 2.05) is 0 Å². The van der Waals surface area contributed by atoms with Crippen molar-refractivity contribution in [2.24, 2.45) is 0 Å². The molecule has 12 nitrogen and oxygen atoms in total. The number of carbonyl (C=O) groups excluding carboxylic acids is 5. The molecular weight excluding hydrogens is 563 g/mol. The molecule has 13 heteroatoms. The number of urea groups is 1. The van der Waals surface area contributed by atoms with Crippen molar-refractivity contribution in [3.05, 3.63) is 29.8 Å². The molecule has 2 atom stereocenters. The summed E-state index contributed by atoms with van der Waals surface area (Å²) in [7, 11) is 0. The standard InChI is InChI=1S/C30H47FN4O8/c1-28(2,3)41-23(36)14-13-21(26(39)43-30(7,8)9)35-27(40)34-20(25(38)42-29(4,5)6)12-10-11-16-33-24(37)19-15-17-32-22(31)18-19/h15,17-18,20-21H,10-14,16H2,1-9H3,(H,33,37)(H2,34,35,40). The second kappa shape index (κ2) is 16.2. The monoisotopic (exact) mass is 610 g/mol. The van der Waals surface area contributed by atoms with Crippen molar-refractivity contribution in [1.82, 2.24) is 20.9 Å². The molecule has 2 unspecified atom stereocenters. The first-order chi connectivity index (χ1) is 19.6. The summed E-state index contributed by atoms with van der Waals surface area (Å²) in [6.07, 6.45) is 1.96. The van der Waals surface area contributed by atoms with E-state index in [9.17, 15) is 28.4 Å². The maximum atomic E-state index is 13.3. The predicted octanol–water partition coefficient (Wildman–Crippen LogP) is 3.96. The van der Waals surface area contributed by atoms with Gasteiger partial charge in [0.05, 0.1) is 0 Å². The zero-order valence-corrected chi connectivity index (χ0v) is 26.7. The Labute approximate surface area is 253 Å². The zero-order chi connectivity index (χ0) is 33.0. The van der Waals surface area contributed by atoms with Gasteiger partial charge in [-0.3, -0.25) is 9.59 Å². The zero-order valence-electron chi connectivity index (χ0n) is 26.7. The van der Waals surface area contributed by atoms with Gasteiger partial charge in [-0.25, -0.2) is 19.4 Å². The van der Waals surface area contributed by atoms with Gasteiger partial charge < -0.3 is 30.2 Å². The number of aromatic nitrogens is 1. The van der Waals surface area contributed by atoms with E-state index in [1.54, 1.807) is 62.3 Å². The van der Waals surface area contributed by atoms with E-state index in [0.717, 1.165) is 6.07 Å². The van der Waals surface area contributed by atoms with E-state index in [-0.39, 0.29) is 31.4 Å². The Kier molecular flexibility index (Phi) is 14.0. The first kappa shape index (κ1) is 37.3. The number of hydrogen-bond donors (Lipinski definition) is 3. The van der Waals surface area contributed by atoms with Gasteiger partial charge in [-0.1, -0.05) is 0 Å². The summed E-state index contributed by atoms with van der Waals surface area (Å²) < 4.78 is 29.4. The third-order valence-corrected chi connectivity index (χ3v) is 5.24. The Bertz CT molecular complexity index is 1120. The molecule has 0 spiro atoms. The lowest BCUT2D eigenvalue weighted by atomic mass is 10.1. The van der Waals surface area contributed by atoms with Crippen molar-refractivity contribution in [3.8, 4) is 0 Å². The lowest BCUT2D eigenvalue weighted by Gasteiger charge is -2.27. The van der Waals surface area contributed by atoms with Crippen LogP contribution in [-0.4, -0.2) is 70.3 Å². The van der Waals surface area contributed by atoms with Crippen LogP contribution in [0.5, 0.6) is 0 Å². The molecular formula is C30H47FN4O8. The Balaban J connectivity index is 2.86. The van der Waals surface area contributed by atoms with Gasteiger partial charge in [0, 0.05) is 30.8 Å². The number of nitrogens with zero attached hydrogens (tertiary/aromatic N) is 1. The topological polar surface area (TPSA) is 162 Å². The summed E-state index contributed by atoms with van der Waals surface area (Å²) in [5, 5.41) is 7.74. The molecule has 0 aliphatic carbocycles. The van der Waals surface area contributed by atoms with Crippen molar-refractivity contribution in [2.45, 2.75) is 123 Å². The van der Waals surface area contributed by atoms with Gasteiger partial charge in [0.25, 0.3) is 5.91 Å². The average molecular weight is 611 g/mol. The van der Waals surface area contributed by atoms with Crippen molar-refractivity contribution in [2.75, 3.05) is 6.54 Å². The highest BCUT2D eigenvalue weighted by atomic mass is 19.1. The highest BCUT2D eigenvalue weighted by Gasteiger charge is 2.31. The van der Waals surface area contributed by atoms with Crippen LogP contribution >= 0.6 is 0 Å². The number of nitrogens with one attached hydrogen (secondary N) is 3. The second-order valence-corrected chi connectivity index (χ2v) is 13.0. The molecule has 0 aliphatic rings. The fourth-order valence-corrected chi connectivity index (χ4v) is 3.58. The van der Waals surface area contributed by atoms with Crippen molar-refractivity contribution < 1.29 is 42.6 Å². The van der Waals surface area contributed by atoms with Gasteiger partial charge in [-0.05, 0) is 94.1 Å². The third kappa shape index (κ3) is 17.1. The number of hydrogen-bond acceptors (Lipinski definition) is 9. The van der Waals surface area contributed by atoms with Gasteiger partial charge in [0.2, 0.25) is 5.95 Å². The van der Waals surface area contributed by atoms with Crippen LogP contribution in [0.25, 0.3) is 0 Å². The van der Waals surface area contributed by atoms with Crippen LogP contribution in [-0.2, 0) is 28.6 Å². The van der Waals surface area contributed by atoms with E-state index in [4.69, 9.17) is 14.2 Å². The van der Waals surface area contributed by atoms with Crippen molar-refractivity contribution in [1.29, 1.82) is 0 Å². The van der Waals surface area contributed by atoms with Crippen molar-refractivity contribution >= 4 is 29.8 Å². The molecule has 0 saturated heterocycles. The van der Waals surface area contributed by atoms with E-state index in [2.05, 4.69) is 20.9 Å². The fourth-order valence-electron chi connectivity index (χ4n) is 3.58. The highest BCUT2D eigenvalue weighted by Crippen LogP contribution is 2.15. The number of rotatable bonds is 13. The van der Waals surface area contributed by atoms with Crippen molar-refractivity contribution in [3.63, 3.8) is 0 Å². The Hall–Kier alpha value is -3.77. The van der Waals surface area contributed by atoms with E-state index in [0.29, 0.717) is 12.8 Å². The maximum Gasteiger partial charge on any atom is 0.329 e. The van der Waals surface area contributed by atoms with Crippen LogP contribution in [0.3, 0.4) is 0 Å². The minimum atomic E-state index is -1.20. The van der Waals surface area contributed by atoms with Crippen LogP contribution in [0.15, 0.2) is 18.3 Å². The Morgan fingerprint density at radius 3 is 1.79 bits per heavy atom. The summed E-state index contributed by atoms with van der Waals surface area (Å²) >= 11 is 0. The molecule has 43 heavy (non-hydrogen) atoms. The number of ether oxygens (including phenoxy) is 3. The van der Waals surface area contributed by atoms with Gasteiger partial charge in [0.1, 0.15) is 28.9 Å². The molecule has 3 amide bonds. The van der Waals surface area contributed by atoms with Gasteiger partial charge >= 0.3 is 23.9 Å².